The monoisotopic (exact) mass is 274 g/mol. The number of Topliss-reactive ketones (excluding diaryl/α,β-unsaturated/α-hetero) is 1. The lowest BCUT2D eigenvalue weighted by atomic mass is 9.70. The van der Waals surface area contributed by atoms with Gasteiger partial charge in [-0.2, -0.15) is 0 Å². The van der Waals surface area contributed by atoms with Crippen LogP contribution < -0.4 is 5.43 Å². The molecule has 2 aliphatic carbocycles. The molecule has 0 aromatic carbocycles. The van der Waals surface area contributed by atoms with E-state index in [2.05, 4.69) is 36.4 Å². The number of ketones is 1. The predicted molar refractivity (Wildman–Crippen MR) is 74.9 cm³/mol. The summed E-state index contributed by atoms with van der Waals surface area (Å²) in [5.74, 6) is 2.53. The van der Waals surface area contributed by atoms with Gasteiger partial charge in [-0.1, -0.05) is 20.8 Å². The van der Waals surface area contributed by atoms with Gasteiger partial charge in [-0.3, -0.25) is 4.79 Å². The number of rotatable bonds is 1. The summed E-state index contributed by atoms with van der Waals surface area (Å²) in [5, 5.41) is 8.66. The van der Waals surface area contributed by atoms with E-state index in [4.69, 9.17) is 0 Å². The van der Waals surface area contributed by atoms with Gasteiger partial charge in [0.25, 0.3) is 0 Å². The zero-order valence-corrected chi connectivity index (χ0v) is 12.4. The minimum Gasteiger partial charge on any atom is -0.323 e. The molecule has 1 aromatic rings. The zero-order chi connectivity index (χ0) is 14.1. The lowest BCUT2D eigenvalue weighted by Crippen LogP contribution is -2.34. The molecule has 4 rings (SSSR count). The lowest BCUT2D eigenvalue weighted by molar-refractivity contribution is -0.129. The minimum absolute atomic E-state index is 0.0653. The van der Waals surface area contributed by atoms with Gasteiger partial charge < -0.3 is 5.43 Å². The molecule has 0 radical (unpaired) electrons. The van der Waals surface area contributed by atoms with Crippen LogP contribution in [0.3, 0.4) is 0 Å². The lowest BCUT2D eigenvalue weighted by Gasteiger charge is -2.32. The number of hydrogen-bond acceptors (Lipinski definition) is 4. The van der Waals surface area contributed by atoms with Crippen molar-refractivity contribution in [1.82, 2.24) is 14.9 Å². The van der Waals surface area contributed by atoms with Crippen molar-refractivity contribution >= 4 is 5.78 Å². The molecule has 1 N–H and O–H groups in total. The Kier molecular flexibility index (Phi) is 2.24. The van der Waals surface area contributed by atoms with E-state index in [0.29, 0.717) is 11.7 Å². The van der Waals surface area contributed by atoms with Crippen LogP contribution in [-0.2, 0) is 11.2 Å². The number of aryl methyl sites for hydroxylation is 1. The topological polar surface area (TPSA) is 59.8 Å². The number of aromatic nitrogens is 3. The number of nitrogens with zero attached hydrogens (tertiary/aromatic N) is 3. The molecule has 5 heteroatoms. The maximum absolute atomic E-state index is 13.0. The molecular formula is C15H22N4O. The fourth-order valence-corrected chi connectivity index (χ4v) is 4.69. The van der Waals surface area contributed by atoms with Gasteiger partial charge >= 0.3 is 0 Å². The molecule has 0 spiro atoms. The van der Waals surface area contributed by atoms with Crippen LogP contribution in [0.5, 0.6) is 0 Å². The SMILES string of the molecule is CC12CCC([C@H](c3nnc4n3NCCC4)C1=O)C2(C)C. The number of nitrogens with one attached hydrogen (secondary N) is 1. The van der Waals surface area contributed by atoms with Crippen molar-refractivity contribution in [3.05, 3.63) is 11.6 Å². The van der Waals surface area contributed by atoms with Gasteiger partial charge in [-0.25, -0.2) is 4.68 Å². The van der Waals surface area contributed by atoms with Gasteiger partial charge in [0.2, 0.25) is 0 Å². The first-order chi connectivity index (χ1) is 9.47. The predicted octanol–water partition coefficient (Wildman–Crippen LogP) is 1.88. The molecule has 1 aliphatic heterocycles. The summed E-state index contributed by atoms with van der Waals surface area (Å²) in [6.45, 7) is 7.59. The van der Waals surface area contributed by atoms with Crippen LogP contribution >= 0.6 is 0 Å². The number of hydrogen-bond donors (Lipinski definition) is 1. The van der Waals surface area contributed by atoms with Crippen LogP contribution in [-0.4, -0.2) is 27.2 Å². The second-order valence-electron chi connectivity index (χ2n) is 7.36. The van der Waals surface area contributed by atoms with Crippen molar-refractivity contribution in [2.45, 2.75) is 52.4 Å². The van der Waals surface area contributed by atoms with E-state index in [0.717, 1.165) is 43.9 Å². The van der Waals surface area contributed by atoms with Crippen LogP contribution in [0.4, 0.5) is 0 Å². The third-order valence-corrected chi connectivity index (χ3v) is 6.41. The Hall–Kier alpha value is -1.39. The molecule has 2 unspecified atom stereocenters. The third kappa shape index (κ3) is 1.22. The molecule has 2 bridgehead atoms. The van der Waals surface area contributed by atoms with Gasteiger partial charge in [-0.05, 0) is 30.6 Å². The summed E-state index contributed by atoms with van der Waals surface area (Å²) >= 11 is 0. The molecule has 3 atom stereocenters. The van der Waals surface area contributed by atoms with E-state index >= 15 is 0 Å². The Labute approximate surface area is 119 Å². The van der Waals surface area contributed by atoms with Gasteiger partial charge in [0.05, 0.1) is 5.92 Å². The van der Waals surface area contributed by atoms with E-state index in [1.165, 1.54) is 0 Å². The van der Waals surface area contributed by atoms with Crippen LogP contribution in [0.2, 0.25) is 0 Å². The maximum Gasteiger partial charge on any atom is 0.162 e. The normalized spacial score (nSPS) is 37.9. The fraction of sp³-hybridized carbons (Fsp3) is 0.800. The van der Waals surface area contributed by atoms with E-state index in [-0.39, 0.29) is 16.7 Å². The molecule has 0 saturated heterocycles. The second-order valence-corrected chi connectivity index (χ2v) is 7.36. The molecule has 20 heavy (non-hydrogen) atoms. The van der Waals surface area contributed by atoms with E-state index in [1.54, 1.807) is 0 Å². The van der Waals surface area contributed by atoms with Crippen molar-refractivity contribution in [2.75, 3.05) is 12.0 Å². The van der Waals surface area contributed by atoms with Crippen LogP contribution in [0.1, 0.15) is 57.6 Å². The molecule has 2 heterocycles. The Morgan fingerprint density at radius 3 is 2.80 bits per heavy atom. The second kappa shape index (κ2) is 3.62. The van der Waals surface area contributed by atoms with E-state index in [9.17, 15) is 4.79 Å². The van der Waals surface area contributed by atoms with Crippen molar-refractivity contribution < 1.29 is 4.79 Å². The van der Waals surface area contributed by atoms with Crippen LogP contribution in [0.25, 0.3) is 0 Å². The van der Waals surface area contributed by atoms with Crippen LogP contribution in [0, 0.1) is 16.7 Å². The summed E-state index contributed by atoms with van der Waals surface area (Å²) in [5.41, 5.74) is 3.22. The molecule has 2 fully saturated rings. The molecule has 1 aromatic heterocycles. The van der Waals surface area contributed by atoms with E-state index < -0.39 is 0 Å². The smallest absolute Gasteiger partial charge is 0.162 e. The molecule has 5 nitrogen and oxygen atoms in total. The standard InChI is InChI=1S/C15H22N4O/c1-14(2)9-6-7-15(14,3)12(20)11(9)13-18-17-10-5-4-8-16-19(10)13/h9,11,16H,4-8H2,1-3H3/t9?,11-,15?/m0/s1. The van der Waals surface area contributed by atoms with Crippen molar-refractivity contribution in [2.24, 2.45) is 16.7 Å². The summed E-state index contributed by atoms with van der Waals surface area (Å²) in [6, 6.07) is 0. The molecular weight excluding hydrogens is 252 g/mol. The van der Waals surface area contributed by atoms with Crippen LogP contribution in [0.15, 0.2) is 0 Å². The third-order valence-electron chi connectivity index (χ3n) is 6.41. The Morgan fingerprint density at radius 2 is 2.10 bits per heavy atom. The average Bonchev–Trinajstić information content (AvgIpc) is 2.98. The molecule has 108 valence electrons. The summed E-state index contributed by atoms with van der Waals surface area (Å²) in [6.07, 6.45) is 4.19. The largest absolute Gasteiger partial charge is 0.323 e. The molecule has 2 saturated carbocycles. The first kappa shape index (κ1) is 12.4. The highest BCUT2D eigenvalue weighted by Crippen LogP contribution is 2.67. The Morgan fingerprint density at radius 1 is 1.30 bits per heavy atom. The van der Waals surface area contributed by atoms with Gasteiger partial charge in [0.15, 0.2) is 11.6 Å². The highest BCUT2D eigenvalue weighted by atomic mass is 16.1. The average molecular weight is 274 g/mol. The molecule has 3 aliphatic rings. The van der Waals surface area contributed by atoms with Crippen molar-refractivity contribution in [3.63, 3.8) is 0 Å². The zero-order valence-electron chi connectivity index (χ0n) is 12.4. The van der Waals surface area contributed by atoms with Gasteiger partial charge in [-0.15, -0.1) is 10.2 Å². The number of carbonyl (C=O) groups is 1. The first-order valence-corrected chi connectivity index (χ1v) is 7.69. The van der Waals surface area contributed by atoms with Crippen molar-refractivity contribution in [1.29, 1.82) is 0 Å². The summed E-state index contributed by atoms with van der Waals surface area (Å²) in [4.78, 5) is 13.0. The van der Waals surface area contributed by atoms with Gasteiger partial charge in [0.1, 0.15) is 5.78 Å². The number of fused-ring (bicyclic) bond motifs is 3. The van der Waals surface area contributed by atoms with E-state index in [1.807, 2.05) is 4.68 Å². The summed E-state index contributed by atoms with van der Waals surface area (Å²) < 4.78 is 1.99. The fourth-order valence-electron chi connectivity index (χ4n) is 4.69. The molecule has 0 amide bonds. The Bertz CT molecular complexity index is 591. The van der Waals surface area contributed by atoms with Gasteiger partial charge in [0, 0.05) is 18.4 Å². The highest BCUT2D eigenvalue weighted by molar-refractivity contribution is 5.95. The Balaban J connectivity index is 1.81. The minimum atomic E-state index is -0.191. The quantitative estimate of drug-likeness (QED) is 0.849. The maximum atomic E-state index is 13.0. The van der Waals surface area contributed by atoms with Crippen molar-refractivity contribution in [3.8, 4) is 0 Å². The highest BCUT2D eigenvalue weighted by Gasteiger charge is 2.67. The summed E-state index contributed by atoms with van der Waals surface area (Å²) in [7, 11) is 0. The first-order valence-electron chi connectivity index (χ1n) is 7.69. The number of carbonyl (C=O) groups excluding carboxylic acids is 1.